The van der Waals surface area contributed by atoms with Gasteiger partial charge in [0.25, 0.3) is 11.6 Å². The second-order valence-corrected chi connectivity index (χ2v) is 6.00. The van der Waals surface area contributed by atoms with Crippen LogP contribution in [0.25, 0.3) is 0 Å². The smallest absolute Gasteiger partial charge is 0.339 e. The highest BCUT2D eigenvalue weighted by Gasteiger charge is 2.19. The third-order valence-electron chi connectivity index (χ3n) is 4.19. The third kappa shape index (κ3) is 6.52. The first-order chi connectivity index (χ1) is 11.9. The van der Waals surface area contributed by atoms with Crippen LogP contribution in [0.1, 0.15) is 55.5 Å². The number of carbonyl (C=O) groups is 2. The number of nitro groups is 1. The van der Waals surface area contributed by atoms with Gasteiger partial charge in [-0.25, -0.2) is 4.79 Å². The molecule has 1 aromatic carbocycles. The first-order valence-corrected chi connectivity index (χ1v) is 8.58. The molecular weight excluding hydrogens is 324 g/mol. The zero-order valence-electron chi connectivity index (χ0n) is 15.0. The number of unbranched alkanes of at least 4 members (excludes halogenated alkanes) is 1. The van der Waals surface area contributed by atoms with Crippen LogP contribution in [-0.4, -0.2) is 30.0 Å². The third-order valence-corrected chi connectivity index (χ3v) is 4.19. The number of esters is 1. The summed E-state index contributed by atoms with van der Waals surface area (Å²) in [7, 11) is 0. The van der Waals surface area contributed by atoms with Gasteiger partial charge in [0.15, 0.2) is 6.61 Å². The first-order valence-electron chi connectivity index (χ1n) is 8.58. The molecular formula is C18H26N2O5. The summed E-state index contributed by atoms with van der Waals surface area (Å²) in [5, 5.41) is 13.7. The lowest BCUT2D eigenvalue weighted by Gasteiger charge is -2.15. The van der Waals surface area contributed by atoms with Gasteiger partial charge in [0.1, 0.15) is 0 Å². The van der Waals surface area contributed by atoms with Crippen molar-refractivity contribution in [3.05, 3.63) is 39.4 Å². The van der Waals surface area contributed by atoms with Gasteiger partial charge in [0.05, 0.1) is 10.5 Å². The number of carbonyl (C=O) groups excluding carboxylic acids is 2. The van der Waals surface area contributed by atoms with Crippen molar-refractivity contribution in [3.8, 4) is 0 Å². The van der Waals surface area contributed by atoms with E-state index in [1.54, 1.807) is 0 Å². The fourth-order valence-electron chi connectivity index (χ4n) is 2.50. The van der Waals surface area contributed by atoms with E-state index in [0.717, 1.165) is 25.7 Å². The fraction of sp³-hybridized carbons (Fsp3) is 0.556. The minimum absolute atomic E-state index is 0.0939. The van der Waals surface area contributed by atoms with Crippen molar-refractivity contribution >= 4 is 17.6 Å². The van der Waals surface area contributed by atoms with Crippen LogP contribution in [0, 0.1) is 23.0 Å². The summed E-state index contributed by atoms with van der Waals surface area (Å²) < 4.78 is 4.98. The van der Waals surface area contributed by atoms with Gasteiger partial charge in [0.2, 0.25) is 0 Å². The van der Waals surface area contributed by atoms with Gasteiger partial charge in [-0.2, -0.15) is 0 Å². The molecule has 0 spiro atoms. The first kappa shape index (κ1) is 20.6. The molecule has 7 heteroatoms. The number of amides is 1. The van der Waals surface area contributed by atoms with Crippen LogP contribution >= 0.6 is 0 Å². The monoisotopic (exact) mass is 350 g/mol. The number of ether oxygens (including phenoxy) is 1. The van der Waals surface area contributed by atoms with Gasteiger partial charge >= 0.3 is 5.97 Å². The molecule has 0 bridgehead atoms. The zero-order chi connectivity index (χ0) is 18.8. The Morgan fingerprint density at radius 1 is 1.32 bits per heavy atom. The van der Waals surface area contributed by atoms with Gasteiger partial charge in [-0.05, 0) is 25.3 Å². The van der Waals surface area contributed by atoms with E-state index in [1.807, 2.05) is 0 Å². The average molecular weight is 350 g/mol. The molecule has 0 heterocycles. The maximum absolute atomic E-state index is 12.1. The van der Waals surface area contributed by atoms with Crippen molar-refractivity contribution in [2.45, 2.75) is 46.5 Å². The maximum atomic E-state index is 12.1. The molecule has 0 saturated carbocycles. The second-order valence-electron chi connectivity index (χ2n) is 6.00. The molecule has 1 aromatic rings. The van der Waals surface area contributed by atoms with E-state index >= 15 is 0 Å². The Morgan fingerprint density at radius 2 is 2.04 bits per heavy atom. The molecule has 25 heavy (non-hydrogen) atoms. The molecule has 0 aliphatic heterocycles. The van der Waals surface area contributed by atoms with Gasteiger partial charge in [-0.3, -0.25) is 14.9 Å². The minimum atomic E-state index is -0.741. The summed E-state index contributed by atoms with van der Waals surface area (Å²) in [6.45, 7) is 5.85. The molecule has 0 radical (unpaired) electrons. The number of hydrogen-bond donors (Lipinski definition) is 1. The van der Waals surface area contributed by atoms with E-state index in [1.165, 1.54) is 25.1 Å². The Labute approximate surface area is 147 Å². The van der Waals surface area contributed by atoms with Crippen LogP contribution in [0.3, 0.4) is 0 Å². The van der Waals surface area contributed by atoms with Gasteiger partial charge < -0.3 is 10.1 Å². The highest BCUT2D eigenvalue weighted by atomic mass is 16.6. The van der Waals surface area contributed by atoms with Crippen LogP contribution in [0.4, 0.5) is 5.69 Å². The SMILES string of the molecule is CCCC[C@H](CC)CNC(=O)COC(=O)c1cccc([N+](=O)[O-])c1C. The molecule has 0 unspecified atom stereocenters. The minimum Gasteiger partial charge on any atom is -0.452 e. The van der Waals surface area contributed by atoms with E-state index in [0.29, 0.717) is 12.5 Å². The molecule has 1 N–H and O–H groups in total. The van der Waals surface area contributed by atoms with Gasteiger partial charge in [-0.1, -0.05) is 39.2 Å². The standard InChI is InChI=1S/C18H26N2O5/c1-4-6-8-14(5-2)11-19-17(21)12-25-18(22)15-9-7-10-16(13(15)3)20(23)24/h7,9-10,14H,4-6,8,11-12H2,1-3H3,(H,19,21)/t14-/m0/s1. The number of hydrogen-bond acceptors (Lipinski definition) is 5. The Balaban J connectivity index is 2.52. The number of nitro benzene ring substituents is 1. The van der Waals surface area contributed by atoms with Gasteiger partial charge in [0, 0.05) is 18.2 Å². The van der Waals surface area contributed by atoms with Crippen molar-refractivity contribution in [3.63, 3.8) is 0 Å². The van der Waals surface area contributed by atoms with E-state index in [-0.39, 0.29) is 22.7 Å². The summed E-state index contributed by atoms with van der Waals surface area (Å²) in [4.78, 5) is 34.2. The summed E-state index contributed by atoms with van der Waals surface area (Å²) in [6.07, 6.45) is 4.27. The van der Waals surface area contributed by atoms with Gasteiger partial charge in [-0.15, -0.1) is 0 Å². The number of benzene rings is 1. The highest BCUT2D eigenvalue weighted by Crippen LogP contribution is 2.21. The van der Waals surface area contributed by atoms with Crippen molar-refractivity contribution < 1.29 is 19.2 Å². The summed E-state index contributed by atoms with van der Waals surface area (Å²) in [5.74, 6) is -0.695. The zero-order valence-corrected chi connectivity index (χ0v) is 15.0. The predicted octanol–water partition coefficient (Wildman–Crippen LogP) is 3.39. The lowest BCUT2D eigenvalue weighted by molar-refractivity contribution is -0.385. The van der Waals surface area contributed by atoms with E-state index in [9.17, 15) is 19.7 Å². The van der Waals surface area contributed by atoms with Crippen LogP contribution in [-0.2, 0) is 9.53 Å². The predicted molar refractivity (Wildman–Crippen MR) is 94.4 cm³/mol. The molecule has 1 rings (SSSR count). The lowest BCUT2D eigenvalue weighted by Crippen LogP contribution is -2.33. The molecule has 0 aromatic heterocycles. The molecule has 1 atom stereocenters. The van der Waals surface area contributed by atoms with Crippen molar-refractivity contribution in [1.82, 2.24) is 5.32 Å². The largest absolute Gasteiger partial charge is 0.452 e. The second kappa shape index (κ2) is 10.4. The Morgan fingerprint density at radius 3 is 2.64 bits per heavy atom. The molecule has 0 aliphatic carbocycles. The lowest BCUT2D eigenvalue weighted by atomic mass is 9.99. The average Bonchev–Trinajstić information content (AvgIpc) is 2.59. The Hall–Kier alpha value is -2.44. The molecule has 138 valence electrons. The fourth-order valence-corrected chi connectivity index (χ4v) is 2.50. The summed E-state index contributed by atoms with van der Waals surface area (Å²) >= 11 is 0. The molecule has 7 nitrogen and oxygen atoms in total. The highest BCUT2D eigenvalue weighted by molar-refractivity contribution is 5.93. The molecule has 0 saturated heterocycles. The number of nitrogens with zero attached hydrogens (tertiary/aromatic N) is 1. The van der Waals surface area contributed by atoms with Crippen molar-refractivity contribution in [2.24, 2.45) is 5.92 Å². The summed E-state index contributed by atoms with van der Waals surface area (Å²) in [5.41, 5.74) is 0.167. The normalized spacial score (nSPS) is 11.6. The molecule has 0 fully saturated rings. The molecule has 1 amide bonds. The Bertz CT molecular complexity index is 615. The number of rotatable bonds is 10. The number of nitrogens with one attached hydrogen (secondary N) is 1. The quantitative estimate of drug-likeness (QED) is 0.396. The van der Waals surface area contributed by atoms with Crippen LogP contribution < -0.4 is 5.32 Å². The van der Waals surface area contributed by atoms with Crippen molar-refractivity contribution in [2.75, 3.05) is 13.2 Å². The van der Waals surface area contributed by atoms with E-state index < -0.39 is 17.5 Å². The van der Waals surface area contributed by atoms with Crippen molar-refractivity contribution in [1.29, 1.82) is 0 Å². The topological polar surface area (TPSA) is 98.5 Å². The van der Waals surface area contributed by atoms with E-state index in [2.05, 4.69) is 19.2 Å². The Kier molecular flexibility index (Phi) is 8.60. The maximum Gasteiger partial charge on any atom is 0.339 e. The van der Waals surface area contributed by atoms with Crippen LogP contribution in [0.15, 0.2) is 18.2 Å². The molecule has 0 aliphatic rings. The van der Waals surface area contributed by atoms with Crippen LogP contribution in [0.5, 0.6) is 0 Å². The summed E-state index contributed by atoms with van der Waals surface area (Å²) in [6, 6.07) is 4.18. The van der Waals surface area contributed by atoms with E-state index in [4.69, 9.17) is 4.74 Å². The van der Waals surface area contributed by atoms with Crippen LogP contribution in [0.2, 0.25) is 0 Å².